The van der Waals surface area contributed by atoms with Crippen molar-refractivity contribution in [3.05, 3.63) is 24.0 Å². The largest absolute Gasteiger partial charge is 0.494 e. The zero-order valence-electron chi connectivity index (χ0n) is 10.6. The number of carbonyl (C=O) groups excluding carboxylic acids is 1. The van der Waals surface area contributed by atoms with Crippen LogP contribution in [-0.2, 0) is 4.79 Å². The van der Waals surface area contributed by atoms with Crippen LogP contribution in [0.2, 0.25) is 0 Å². The maximum absolute atomic E-state index is 13.5. The van der Waals surface area contributed by atoms with Crippen LogP contribution in [0, 0.1) is 11.7 Å². The van der Waals surface area contributed by atoms with Gasteiger partial charge in [-0.05, 0) is 12.1 Å². The fraction of sp³-hybridized carbons (Fsp3) is 0.417. The van der Waals surface area contributed by atoms with Gasteiger partial charge in [0.15, 0.2) is 11.6 Å². The number of amides is 1. The Labute approximate surface area is 112 Å². The topological polar surface area (TPSA) is 55.6 Å². The van der Waals surface area contributed by atoms with Gasteiger partial charge >= 0.3 is 0 Å². The van der Waals surface area contributed by atoms with Gasteiger partial charge in [-0.15, -0.1) is 12.4 Å². The molecular weight excluding hydrogens is 259 g/mol. The van der Waals surface area contributed by atoms with Crippen molar-refractivity contribution >= 4 is 24.0 Å². The first-order valence-electron chi connectivity index (χ1n) is 5.32. The summed E-state index contributed by atoms with van der Waals surface area (Å²) in [6.07, 6.45) is 0. The lowest BCUT2D eigenvalue weighted by Gasteiger charge is -2.21. The SMILES string of the molecule is COc1ccc(N(C)C(=O)C(C)CN)cc1F.Cl. The minimum atomic E-state index is -0.495. The molecule has 0 aliphatic carbocycles. The molecule has 1 aromatic rings. The highest BCUT2D eigenvalue weighted by Crippen LogP contribution is 2.23. The molecule has 1 unspecified atom stereocenters. The highest BCUT2D eigenvalue weighted by molar-refractivity contribution is 5.94. The van der Waals surface area contributed by atoms with Gasteiger partial charge in [0.1, 0.15) is 0 Å². The second kappa shape index (κ2) is 7.18. The summed E-state index contributed by atoms with van der Waals surface area (Å²) in [5, 5.41) is 0. The molecule has 0 saturated heterocycles. The first kappa shape index (κ1) is 16.7. The number of hydrogen-bond donors (Lipinski definition) is 1. The summed E-state index contributed by atoms with van der Waals surface area (Å²) < 4.78 is 18.3. The number of halogens is 2. The first-order chi connectivity index (χ1) is 8.01. The lowest BCUT2D eigenvalue weighted by molar-refractivity contribution is -0.121. The van der Waals surface area contributed by atoms with Gasteiger partial charge in [-0.1, -0.05) is 6.92 Å². The molecule has 1 atom stereocenters. The van der Waals surface area contributed by atoms with E-state index < -0.39 is 5.82 Å². The summed E-state index contributed by atoms with van der Waals surface area (Å²) in [6.45, 7) is 2.00. The third-order valence-corrected chi connectivity index (χ3v) is 2.63. The molecule has 0 aromatic heterocycles. The molecule has 0 heterocycles. The number of carbonyl (C=O) groups is 1. The zero-order valence-corrected chi connectivity index (χ0v) is 11.5. The van der Waals surface area contributed by atoms with E-state index in [0.717, 1.165) is 0 Å². The van der Waals surface area contributed by atoms with Crippen molar-refractivity contribution in [2.24, 2.45) is 11.7 Å². The van der Waals surface area contributed by atoms with E-state index in [0.29, 0.717) is 5.69 Å². The van der Waals surface area contributed by atoms with Crippen molar-refractivity contribution < 1.29 is 13.9 Å². The quantitative estimate of drug-likeness (QED) is 0.913. The number of rotatable bonds is 4. The number of nitrogens with zero attached hydrogens (tertiary/aromatic N) is 1. The Balaban J connectivity index is 0.00000289. The normalized spacial score (nSPS) is 11.4. The molecule has 0 spiro atoms. The first-order valence-corrected chi connectivity index (χ1v) is 5.32. The Morgan fingerprint density at radius 2 is 2.17 bits per heavy atom. The van der Waals surface area contributed by atoms with Gasteiger partial charge in [0.2, 0.25) is 5.91 Å². The smallest absolute Gasteiger partial charge is 0.230 e. The molecule has 1 amide bonds. The Morgan fingerprint density at radius 3 is 2.61 bits per heavy atom. The number of benzene rings is 1. The Kier molecular flexibility index (Phi) is 6.65. The third kappa shape index (κ3) is 3.58. The number of hydrogen-bond acceptors (Lipinski definition) is 3. The van der Waals surface area contributed by atoms with Crippen LogP contribution >= 0.6 is 12.4 Å². The monoisotopic (exact) mass is 276 g/mol. The number of ether oxygens (including phenoxy) is 1. The van der Waals surface area contributed by atoms with Crippen LogP contribution in [0.15, 0.2) is 18.2 Å². The molecule has 6 heteroatoms. The summed E-state index contributed by atoms with van der Waals surface area (Å²) in [5.74, 6) is -0.770. The lowest BCUT2D eigenvalue weighted by atomic mass is 10.1. The van der Waals surface area contributed by atoms with Crippen LogP contribution in [0.3, 0.4) is 0 Å². The Morgan fingerprint density at radius 1 is 1.56 bits per heavy atom. The average molecular weight is 277 g/mol. The maximum atomic E-state index is 13.5. The average Bonchev–Trinajstić information content (AvgIpc) is 2.35. The summed E-state index contributed by atoms with van der Waals surface area (Å²) in [4.78, 5) is 13.2. The molecule has 0 bridgehead atoms. The van der Waals surface area contributed by atoms with Crippen LogP contribution in [0.25, 0.3) is 0 Å². The molecule has 2 N–H and O–H groups in total. The molecule has 0 radical (unpaired) electrons. The molecule has 0 aliphatic heterocycles. The summed E-state index contributed by atoms with van der Waals surface area (Å²) in [6, 6.07) is 4.38. The number of nitrogens with two attached hydrogens (primary N) is 1. The van der Waals surface area contributed by atoms with Crippen molar-refractivity contribution in [2.45, 2.75) is 6.92 Å². The van der Waals surface area contributed by atoms with Gasteiger partial charge in [-0.3, -0.25) is 4.79 Å². The van der Waals surface area contributed by atoms with Crippen LogP contribution < -0.4 is 15.4 Å². The molecule has 1 aromatic carbocycles. The predicted octanol–water partition coefficient (Wildman–Crippen LogP) is 1.81. The second-order valence-electron chi connectivity index (χ2n) is 3.85. The number of methoxy groups -OCH3 is 1. The van der Waals surface area contributed by atoms with E-state index in [9.17, 15) is 9.18 Å². The molecule has 0 aliphatic rings. The van der Waals surface area contributed by atoms with Crippen molar-refractivity contribution in [1.82, 2.24) is 0 Å². The van der Waals surface area contributed by atoms with E-state index in [4.69, 9.17) is 10.5 Å². The Hall–Kier alpha value is -1.33. The minimum absolute atomic E-state index is 0. The Bertz CT molecular complexity index is 415. The summed E-state index contributed by atoms with van der Waals surface area (Å²) in [5.41, 5.74) is 5.90. The zero-order chi connectivity index (χ0) is 13.0. The predicted molar refractivity (Wildman–Crippen MR) is 71.8 cm³/mol. The minimum Gasteiger partial charge on any atom is -0.494 e. The fourth-order valence-electron chi connectivity index (χ4n) is 1.42. The summed E-state index contributed by atoms with van der Waals surface area (Å²) in [7, 11) is 2.99. The highest BCUT2D eigenvalue weighted by Gasteiger charge is 2.18. The van der Waals surface area contributed by atoms with E-state index in [-0.39, 0.29) is 36.5 Å². The van der Waals surface area contributed by atoms with Crippen LogP contribution in [0.5, 0.6) is 5.75 Å². The lowest BCUT2D eigenvalue weighted by Crippen LogP contribution is -2.35. The van der Waals surface area contributed by atoms with E-state index >= 15 is 0 Å². The van der Waals surface area contributed by atoms with E-state index in [1.165, 1.54) is 24.1 Å². The van der Waals surface area contributed by atoms with E-state index in [1.807, 2.05) is 0 Å². The van der Waals surface area contributed by atoms with Gasteiger partial charge in [0, 0.05) is 31.3 Å². The standard InChI is InChI=1S/C12H17FN2O2.ClH/c1-8(7-14)12(16)15(2)9-4-5-11(17-3)10(13)6-9;/h4-6,8H,7,14H2,1-3H3;1H. The number of anilines is 1. The van der Waals surface area contributed by atoms with E-state index in [1.54, 1.807) is 20.0 Å². The van der Waals surface area contributed by atoms with Crippen LogP contribution in [0.4, 0.5) is 10.1 Å². The molecular formula is C12H18ClFN2O2. The van der Waals surface area contributed by atoms with Gasteiger partial charge in [-0.2, -0.15) is 0 Å². The van der Waals surface area contributed by atoms with Gasteiger partial charge in [0.05, 0.1) is 7.11 Å². The molecule has 1 rings (SSSR count). The van der Waals surface area contributed by atoms with E-state index in [2.05, 4.69) is 0 Å². The van der Waals surface area contributed by atoms with Gasteiger partial charge < -0.3 is 15.4 Å². The maximum Gasteiger partial charge on any atom is 0.230 e. The molecule has 0 fully saturated rings. The highest BCUT2D eigenvalue weighted by atomic mass is 35.5. The van der Waals surface area contributed by atoms with Crippen LogP contribution in [-0.4, -0.2) is 26.6 Å². The van der Waals surface area contributed by atoms with Crippen LogP contribution in [0.1, 0.15) is 6.92 Å². The van der Waals surface area contributed by atoms with Gasteiger partial charge in [-0.25, -0.2) is 4.39 Å². The molecule has 18 heavy (non-hydrogen) atoms. The van der Waals surface area contributed by atoms with Gasteiger partial charge in [0.25, 0.3) is 0 Å². The van der Waals surface area contributed by atoms with Crippen molar-refractivity contribution in [3.8, 4) is 5.75 Å². The fourth-order valence-corrected chi connectivity index (χ4v) is 1.42. The third-order valence-electron chi connectivity index (χ3n) is 2.63. The molecule has 4 nitrogen and oxygen atoms in total. The second-order valence-corrected chi connectivity index (χ2v) is 3.85. The van der Waals surface area contributed by atoms with Crippen molar-refractivity contribution in [2.75, 3.05) is 25.6 Å². The molecule has 102 valence electrons. The van der Waals surface area contributed by atoms with Crippen molar-refractivity contribution in [1.29, 1.82) is 0 Å². The summed E-state index contributed by atoms with van der Waals surface area (Å²) >= 11 is 0. The molecule has 0 saturated carbocycles. The van der Waals surface area contributed by atoms with Crippen molar-refractivity contribution in [3.63, 3.8) is 0 Å².